The maximum absolute atomic E-state index is 11.8. The topological polar surface area (TPSA) is 74.8 Å². The van der Waals surface area contributed by atoms with Gasteiger partial charge in [-0.25, -0.2) is 4.98 Å². The van der Waals surface area contributed by atoms with Gasteiger partial charge in [-0.05, 0) is 19.1 Å². The third kappa shape index (κ3) is 3.31. The van der Waals surface area contributed by atoms with Crippen LogP contribution in [-0.2, 0) is 4.79 Å². The second-order valence-corrected chi connectivity index (χ2v) is 5.50. The van der Waals surface area contributed by atoms with E-state index in [9.17, 15) is 4.79 Å². The average molecular weight is 277 g/mol. The highest BCUT2D eigenvalue weighted by molar-refractivity contribution is 8.00. The van der Waals surface area contributed by atoms with Gasteiger partial charge in [-0.3, -0.25) is 14.9 Å². The zero-order valence-corrected chi connectivity index (χ0v) is 11.8. The number of hydrogen-bond donors (Lipinski definition) is 1. The molecule has 0 unspecified atom stereocenters. The second kappa shape index (κ2) is 5.83. The summed E-state index contributed by atoms with van der Waals surface area (Å²) in [6.07, 6.45) is 3.39. The first kappa shape index (κ1) is 13.5. The summed E-state index contributed by atoms with van der Waals surface area (Å²) in [5.41, 5.74) is 0.918. The summed E-state index contributed by atoms with van der Waals surface area (Å²) in [7, 11) is 3.47. The molecular weight excluding hydrogens is 262 g/mol. The van der Waals surface area contributed by atoms with Crippen molar-refractivity contribution in [1.82, 2.24) is 25.1 Å². The fourth-order valence-corrected chi connectivity index (χ4v) is 2.38. The van der Waals surface area contributed by atoms with Crippen LogP contribution in [0.4, 0.5) is 0 Å². The number of nitrogens with one attached hydrogen (secondary N) is 1. The molecule has 0 aliphatic rings. The van der Waals surface area contributed by atoms with Crippen molar-refractivity contribution < 1.29 is 4.79 Å². The third-order valence-corrected chi connectivity index (χ3v) is 3.44. The molecule has 100 valence electrons. The van der Waals surface area contributed by atoms with Crippen LogP contribution in [0.15, 0.2) is 29.7 Å². The quantitative estimate of drug-likeness (QED) is 0.856. The van der Waals surface area contributed by atoms with Gasteiger partial charge in [-0.1, -0.05) is 11.8 Å². The van der Waals surface area contributed by atoms with Crippen LogP contribution in [-0.4, -0.2) is 50.3 Å². The van der Waals surface area contributed by atoms with Crippen LogP contribution in [0.1, 0.15) is 6.92 Å². The van der Waals surface area contributed by atoms with Gasteiger partial charge in [0.15, 0.2) is 5.82 Å². The van der Waals surface area contributed by atoms with E-state index in [1.807, 2.05) is 19.1 Å². The van der Waals surface area contributed by atoms with E-state index in [2.05, 4.69) is 20.2 Å². The molecule has 1 atom stereocenters. The smallest absolute Gasteiger partial charge is 0.235 e. The number of aromatic amines is 1. The summed E-state index contributed by atoms with van der Waals surface area (Å²) >= 11 is 1.34. The fourth-order valence-electron chi connectivity index (χ4n) is 1.51. The minimum Gasteiger partial charge on any atom is -0.348 e. The highest BCUT2D eigenvalue weighted by Gasteiger charge is 2.18. The van der Waals surface area contributed by atoms with Gasteiger partial charge in [0.1, 0.15) is 0 Å². The van der Waals surface area contributed by atoms with E-state index in [-0.39, 0.29) is 11.2 Å². The number of hydrogen-bond acceptors (Lipinski definition) is 5. The van der Waals surface area contributed by atoms with Crippen molar-refractivity contribution in [2.45, 2.75) is 17.3 Å². The van der Waals surface area contributed by atoms with Crippen molar-refractivity contribution in [3.05, 3.63) is 24.5 Å². The molecule has 1 amide bonds. The van der Waals surface area contributed by atoms with E-state index in [1.54, 1.807) is 31.4 Å². The lowest BCUT2D eigenvalue weighted by atomic mass is 10.3. The van der Waals surface area contributed by atoms with Gasteiger partial charge in [-0.2, -0.15) is 0 Å². The average Bonchev–Trinajstić information content (AvgIpc) is 2.87. The Morgan fingerprint density at radius 1 is 1.37 bits per heavy atom. The molecule has 6 nitrogen and oxygen atoms in total. The van der Waals surface area contributed by atoms with Gasteiger partial charge in [0.05, 0.1) is 5.25 Å². The molecule has 7 heteroatoms. The predicted octanol–water partition coefficient (Wildman–Crippen LogP) is 1.44. The summed E-state index contributed by atoms with van der Waals surface area (Å²) in [5, 5.41) is 7.32. The summed E-state index contributed by atoms with van der Waals surface area (Å²) in [4.78, 5) is 21.6. The Morgan fingerprint density at radius 2 is 2.05 bits per heavy atom. The van der Waals surface area contributed by atoms with Crippen molar-refractivity contribution in [3.63, 3.8) is 0 Å². The van der Waals surface area contributed by atoms with Crippen LogP contribution in [0.2, 0.25) is 0 Å². The number of carbonyl (C=O) groups is 1. The van der Waals surface area contributed by atoms with E-state index in [0.29, 0.717) is 11.0 Å². The molecule has 0 spiro atoms. The van der Waals surface area contributed by atoms with Gasteiger partial charge in [0.25, 0.3) is 0 Å². The molecule has 0 aliphatic carbocycles. The number of thioether (sulfide) groups is 1. The molecule has 19 heavy (non-hydrogen) atoms. The minimum absolute atomic E-state index is 0.0419. The van der Waals surface area contributed by atoms with Crippen LogP contribution in [0.3, 0.4) is 0 Å². The van der Waals surface area contributed by atoms with Crippen LogP contribution in [0.5, 0.6) is 0 Å². The molecule has 2 rings (SSSR count). The van der Waals surface area contributed by atoms with E-state index in [4.69, 9.17) is 0 Å². The molecule has 0 radical (unpaired) electrons. The molecule has 1 N–H and O–H groups in total. The molecule has 0 aromatic carbocycles. The zero-order valence-electron chi connectivity index (χ0n) is 11.0. The number of aromatic nitrogens is 4. The maximum atomic E-state index is 11.8. The lowest BCUT2D eigenvalue weighted by Crippen LogP contribution is -2.29. The van der Waals surface area contributed by atoms with Crippen molar-refractivity contribution in [3.8, 4) is 11.4 Å². The number of rotatable bonds is 4. The Morgan fingerprint density at radius 3 is 2.68 bits per heavy atom. The normalized spacial score (nSPS) is 12.2. The van der Waals surface area contributed by atoms with Crippen LogP contribution in [0.25, 0.3) is 11.4 Å². The summed E-state index contributed by atoms with van der Waals surface area (Å²) in [6.45, 7) is 1.84. The van der Waals surface area contributed by atoms with E-state index >= 15 is 0 Å². The first-order valence-corrected chi connectivity index (χ1v) is 6.66. The van der Waals surface area contributed by atoms with Crippen LogP contribution < -0.4 is 0 Å². The van der Waals surface area contributed by atoms with Gasteiger partial charge < -0.3 is 4.90 Å². The molecule has 2 heterocycles. The lowest BCUT2D eigenvalue weighted by molar-refractivity contribution is -0.127. The number of carbonyl (C=O) groups excluding carboxylic acids is 1. The fraction of sp³-hybridized carbons (Fsp3) is 0.333. The second-order valence-electron chi connectivity index (χ2n) is 4.20. The standard InChI is InChI=1S/C12H15N5OS/c1-8(11(18)17(2)3)19-12-14-10(15-16-12)9-4-6-13-7-5-9/h4-8H,1-3H3,(H,14,15,16)/t8-/m1/s1. The van der Waals surface area contributed by atoms with Crippen molar-refractivity contribution in [1.29, 1.82) is 0 Å². The molecule has 0 aliphatic heterocycles. The Labute approximate surface area is 115 Å². The molecule has 2 aromatic rings. The third-order valence-electron chi connectivity index (χ3n) is 2.49. The minimum atomic E-state index is -0.212. The van der Waals surface area contributed by atoms with Gasteiger partial charge >= 0.3 is 0 Å². The highest BCUT2D eigenvalue weighted by atomic mass is 32.2. The Bertz CT molecular complexity index is 554. The number of pyridine rings is 1. The highest BCUT2D eigenvalue weighted by Crippen LogP contribution is 2.22. The zero-order chi connectivity index (χ0) is 13.8. The van der Waals surface area contributed by atoms with Crippen LogP contribution >= 0.6 is 11.8 Å². The first-order valence-electron chi connectivity index (χ1n) is 5.78. The monoisotopic (exact) mass is 277 g/mol. The molecular formula is C12H15N5OS. The first-order chi connectivity index (χ1) is 9.08. The lowest BCUT2D eigenvalue weighted by Gasteiger charge is -2.14. The molecule has 0 saturated heterocycles. The number of H-pyrrole nitrogens is 1. The Balaban J connectivity index is 2.08. The Kier molecular flexibility index (Phi) is 4.16. The summed E-state index contributed by atoms with van der Waals surface area (Å²) in [5.74, 6) is 0.717. The van der Waals surface area contributed by atoms with Crippen LogP contribution in [0, 0.1) is 0 Å². The predicted molar refractivity (Wildman–Crippen MR) is 73.6 cm³/mol. The van der Waals surface area contributed by atoms with Gasteiger partial charge in [-0.15, -0.1) is 5.10 Å². The van der Waals surface area contributed by atoms with Gasteiger partial charge in [0, 0.05) is 32.1 Å². The summed E-state index contributed by atoms with van der Waals surface area (Å²) in [6, 6.07) is 3.70. The van der Waals surface area contributed by atoms with E-state index in [1.165, 1.54) is 11.8 Å². The Hall–Kier alpha value is -1.89. The van der Waals surface area contributed by atoms with Crippen molar-refractivity contribution in [2.75, 3.05) is 14.1 Å². The summed E-state index contributed by atoms with van der Waals surface area (Å²) < 4.78 is 0. The molecule has 0 fully saturated rings. The molecule has 2 aromatic heterocycles. The number of nitrogens with zero attached hydrogens (tertiary/aromatic N) is 4. The van der Waals surface area contributed by atoms with Crippen molar-refractivity contribution >= 4 is 17.7 Å². The number of amides is 1. The van der Waals surface area contributed by atoms with E-state index < -0.39 is 0 Å². The largest absolute Gasteiger partial charge is 0.348 e. The molecule has 0 saturated carbocycles. The SMILES string of the molecule is C[C@@H](Sc1n[nH]c(-c2ccncc2)n1)C(=O)N(C)C. The maximum Gasteiger partial charge on any atom is 0.235 e. The van der Waals surface area contributed by atoms with Crippen molar-refractivity contribution in [2.24, 2.45) is 0 Å². The molecule has 0 bridgehead atoms. The van der Waals surface area contributed by atoms with Gasteiger partial charge in [0.2, 0.25) is 11.1 Å². The van der Waals surface area contributed by atoms with E-state index in [0.717, 1.165) is 5.56 Å².